The van der Waals surface area contributed by atoms with E-state index < -0.39 is 5.82 Å². The number of nitrogens with zero attached hydrogens (tertiary/aromatic N) is 1. The Morgan fingerprint density at radius 3 is 2.61 bits per heavy atom. The van der Waals surface area contributed by atoms with Gasteiger partial charge >= 0.3 is 0 Å². The van der Waals surface area contributed by atoms with Crippen LogP contribution in [-0.4, -0.2) is 23.9 Å². The molecule has 0 spiro atoms. The van der Waals surface area contributed by atoms with Gasteiger partial charge in [0.25, 0.3) is 0 Å². The summed E-state index contributed by atoms with van der Waals surface area (Å²) in [6, 6.07) is 3.23. The Balaban J connectivity index is 2.07. The van der Waals surface area contributed by atoms with Gasteiger partial charge in [-0.1, -0.05) is 31.5 Å². The third-order valence-corrected chi connectivity index (χ3v) is 3.68. The zero-order chi connectivity index (χ0) is 13.5. The maximum atomic E-state index is 13.6. The van der Waals surface area contributed by atoms with Crippen molar-refractivity contribution >= 4 is 17.5 Å². The number of carbonyl (C=O) groups is 1. The molecule has 0 N–H and O–H groups in total. The number of hydrogen-bond donors (Lipinski definition) is 0. The third kappa shape index (κ3) is 2.51. The van der Waals surface area contributed by atoms with Crippen LogP contribution in [0.25, 0.3) is 0 Å². The maximum absolute atomic E-state index is 13.6. The Hall–Kier alpha value is -1.09. The highest BCUT2D eigenvalue weighted by Gasteiger charge is 2.36. The Kier molecular flexibility index (Phi) is 3.37. The summed E-state index contributed by atoms with van der Waals surface area (Å²) in [4.78, 5) is 13.8. The van der Waals surface area contributed by atoms with Crippen molar-refractivity contribution in [1.82, 2.24) is 4.90 Å². The molecule has 0 radical (unpaired) electrons. The second kappa shape index (κ2) is 4.54. The van der Waals surface area contributed by atoms with Gasteiger partial charge in [0.05, 0.1) is 11.4 Å². The molecule has 1 saturated heterocycles. The average Bonchev–Trinajstić information content (AvgIpc) is 2.26. The summed E-state index contributed by atoms with van der Waals surface area (Å²) in [7, 11) is 0. The second-order valence-electron chi connectivity index (χ2n) is 5.74. The van der Waals surface area contributed by atoms with Crippen LogP contribution in [0.2, 0.25) is 5.02 Å². The minimum atomic E-state index is -0.425. The van der Waals surface area contributed by atoms with Gasteiger partial charge in [0.15, 0.2) is 0 Å². The lowest BCUT2D eigenvalue weighted by Gasteiger charge is -2.46. The predicted octanol–water partition coefficient (Wildman–Crippen LogP) is 3.20. The van der Waals surface area contributed by atoms with E-state index in [2.05, 4.69) is 13.8 Å². The van der Waals surface area contributed by atoms with Crippen molar-refractivity contribution in [3.63, 3.8) is 0 Å². The molecule has 0 saturated carbocycles. The highest BCUT2D eigenvalue weighted by Crippen LogP contribution is 2.29. The maximum Gasteiger partial charge on any atom is 0.227 e. The summed E-state index contributed by atoms with van der Waals surface area (Å²) < 4.78 is 13.6. The molecule has 1 aliphatic heterocycles. The van der Waals surface area contributed by atoms with E-state index in [-0.39, 0.29) is 22.8 Å². The zero-order valence-corrected chi connectivity index (χ0v) is 11.6. The van der Waals surface area contributed by atoms with Crippen LogP contribution in [0.4, 0.5) is 4.39 Å². The van der Waals surface area contributed by atoms with Gasteiger partial charge in [-0.05, 0) is 29.5 Å². The minimum Gasteiger partial charge on any atom is -0.341 e. The first kappa shape index (κ1) is 13.3. The van der Waals surface area contributed by atoms with E-state index in [0.29, 0.717) is 11.1 Å². The summed E-state index contributed by atoms with van der Waals surface area (Å²) in [6.07, 6.45) is 0.246. The Labute approximate surface area is 112 Å². The number of benzene rings is 1. The highest BCUT2D eigenvalue weighted by atomic mass is 35.5. The fourth-order valence-corrected chi connectivity index (χ4v) is 2.53. The molecule has 0 aromatic heterocycles. The molecule has 0 bridgehead atoms. The van der Waals surface area contributed by atoms with E-state index >= 15 is 0 Å². The van der Waals surface area contributed by atoms with Crippen molar-refractivity contribution in [3.05, 3.63) is 34.1 Å². The largest absolute Gasteiger partial charge is 0.341 e. The standard InChI is InChI=1S/C14H17ClFNO/c1-9-10(4-5-11(15)13(9)16)6-12(18)17-7-14(2,3)8-17/h4-5H,6-8H2,1-3H3. The fourth-order valence-electron chi connectivity index (χ4n) is 2.32. The lowest BCUT2D eigenvalue weighted by atomic mass is 9.84. The van der Waals surface area contributed by atoms with E-state index in [0.717, 1.165) is 13.1 Å². The van der Waals surface area contributed by atoms with Crippen molar-refractivity contribution in [3.8, 4) is 0 Å². The molecule has 2 nitrogen and oxygen atoms in total. The van der Waals surface area contributed by atoms with Gasteiger partial charge in [-0.25, -0.2) is 4.39 Å². The summed E-state index contributed by atoms with van der Waals surface area (Å²) in [5, 5.41) is 0.105. The monoisotopic (exact) mass is 269 g/mol. The van der Waals surface area contributed by atoms with Gasteiger partial charge in [0, 0.05) is 13.1 Å². The van der Waals surface area contributed by atoms with E-state index in [9.17, 15) is 9.18 Å². The summed E-state index contributed by atoms with van der Waals surface area (Å²) >= 11 is 5.69. The van der Waals surface area contributed by atoms with Crippen LogP contribution in [0.5, 0.6) is 0 Å². The van der Waals surface area contributed by atoms with E-state index in [1.165, 1.54) is 6.07 Å². The molecule has 18 heavy (non-hydrogen) atoms. The second-order valence-corrected chi connectivity index (χ2v) is 6.14. The smallest absolute Gasteiger partial charge is 0.227 e. The first-order valence-electron chi connectivity index (χ1n) is 6.01. The van der Waals surface area contributed by atoms with Crippen molar-refractivity contribution < 1.29 is 9.18 Å². The van der Waals surface area contributed by atoms with Gasteiger partial charge < -0.3 is 4.90 Å². The van der Waals surface area contributed by atoms with Gasteiger partial charge in [-0.15, -0.1) is 0 Å². The topological polar surface area (TPSA) is 20.3 Å². The number of hydrogen-bond acceptors (Lipinski definition) is 1. The molecular weight excluding hydrogens is 253 g/mol. The number of likely N-dealkylation sites (tertiary alicyclic amines) is 1. The van der Waals surface area contributed by atoms with Crippen molar-refractivity contribution in [2.45, 2.75) is 27.2 Å². The molecular formula is C14H17ClFNO. The lowest BCUT2D eigenvalue weighted by Crippen LogP contribution is -2.55. The normalized spacial score (nSPS) is 17.5. The van der Waals surface area contributed by atoms with Crippen molar-refractivity contribution in [2.75, 3.05) is 13.1 Å². The number of halogens is 2. The molecule has 1 aromatic rings. The molecule has 1 amide bonds. The van der Waals surface area contributed by atoms with Crippen LogP contribution in [0.1, 0.15) is 25.0 Å². The molecule has 0 unspecified atom stereocenters. The van der Waals surface area contributed by atoms with Crippen molar-refractivity contribution in [2.24, 2.45) is 5.41 Å². The van der Waals surface area contributed by atoms with Crippen LogP contribution in [0.15, 0.2) is 12.1 Å². The summed E-state index contributed by atoms with van der Waals surface area (Å²) in [6.45, 7) is 7.47. The van der Waals surface area contributed by atoms with Gasteiger partial charge in [-0.3, -0.25) is 4.79 Å². The predicted molar refractivity (Wildman–Crippen MR) is 70.2 cm³/mol. The third-order valence-electron chi connectivity index (χ3n) is 3.38. The van der Waals surface area contributed by atoms with E-state index in [1.807, 2.05) is 4.90 Å². The molecule has 4 heteroatoms. The molecule has 1 heterocycles. The first-order chi connectivity index (χ1) is 8.30. The Morgan fingerprint density at radius 1 is 1.44 bits per heavy atom. The molecule has 2 rings (SSSR count). The van der Waals surface area contributed by atoms with Crippen LogP contribution in [0, 0.1) is 18.2 Å². The number of carbonyl (C=O) groups excluding carboxylic acids is 1. The quantitative estimate of drug-likeness (QED) is 0.807. The highest BCUT2D eigenvalue weighted by molar-refractivity contribution is 6.30. The van der Waals surface area contributed by atoms with Gasteiger partial charge in [0.1, 0.15) is 5.82 Å². The molecule has 0 atom stereocenters. The fraction of sp³-hybridized carbons (Fsp3) is 0.500. The molecule has 1 fully saturated rings. The average molecular weight is 270 g/mol. The number of rotatable bonds is 2. The van der Waals surface area contributed by atoms with Crippen molar-refractivity contribution in [1.29, 1.82) is 0 Å². The molecule has 98 valence electrons. The van der Waals surface area contributed by atoms with E-state index in [1.54, 1.807) is 13.0 Å². The van der Waals surface area contributed by atoms with Crippen LogP contribution in [-0.2, 0) is 11.2 Å². The SMILES string of the molecule is Cc1c(CC(=O)N2CC(C)(C)C2)ccc(Cl)c1F. The van der Waals surface area contributed by atoms with Crippen LogP contribution < -0.4 is 0 Å². The first-order valence-corrected chi connectivity index (χ1v) is 6.39. The Bertz CT molecular complexity index is 491. The molecule has 1 aliphatic rings. The Morgan fingerprint density at radius 2 is 2.06 bits per heavy atom. The molecule has 1 aromatic carbocycles. The summed E-state index contributed by atoms with van der Waals surface area (Å²) in [5.41, 5.74) is 1.40. The van der Waals surface area contributed by atoms with Gasteiger partial charge in [0.2, 0.25) is 5.91 Å². The minimum absolute atomic E-state index is 0.0548. The van der Waals surface area contributed by atoms with E-state index in [4.69, 9.17) is 11.6 Å². The lowest BCUT2D eigenvalue weighted by molar-refractivity contribution is -0.140. The summed E-state index contributed by atoms with van der Waals surface area (Å²) in [5.74, 6) is -0.370. The van der Waals surface area contributed by atoms with Crippen LogP contribution in [0.3, 0.4) is 0 Å². The zero-order valence-electron chi connectivity index (χ0n) is 10.9. The molecule has 0 aliphatic carbocycles. The van der Waals surface area contributed by atoms with Gasteiger partial charge in [-0.2, -0.15) is 0 Å². The number of amides is 1. The van der Waals surface area contributed by atoms with Crippen LogP contribution >= 0.6 is 11.6 Å².